The van der Waals surface area contributed by atoms with E-state index in [9.17, 15) is 4.79 Å². The summed E-state index contributed by atoms with van der Waals surface area (Å²) in [6.45, 7) is 5.66. The van der Waals surface area contributed by atoms with Crippen molar-refractivity contribution in [3.8, 4) is 17.1 Å². The molecule has 1 aliphatic heterocycles. The van der Waals surface area contributed by atoms with Gasteiger partial charge in [0.1, 0.15) is 5.75 Å². The van der Waals surface area contributed by atoms with Crippen molar-refractivity contribution >= 4 is 5.91 Å². The first-order valence-electron chi connectivity index (χ1n) is 10.00. The molecular formula is C21H25N5O4. The van der Waals surface area contributed by atoms with Crippen LogP contribution >= 0.6 is 0 Å². The van der Waals surface area contributed by atoms with Crippen molar-refractivity contribution in [3.63, 3.8) is 0 Å². The Morgan fingerprint density at radius 2 is 1.87 bits per heavy atom. The van der Waals surface area contributed by atoms with Crippen molar-refractivity contribution in [1.29, 1.82) is 0 Å². The van der Waals surface area contributed by atoms with Gasteiger partial charge in [-0.3, -0.25) is 9.69 Å². The average Bonchev–Trinajstić information content (AvgIpc) is 3.41. The molecule has 9 nitrogen and oxygen atoms in total. The highest BCUT2D eigenvalue weighted by atomic mass is 16.5. The minimum atomic E-state index is 0.106. The van der Waals surface area contributed by atoms with E-state index in [0.29, 0.717) is 37.6 Å². The average molecular weight is 411 g/mol. The molecule has 1 amide bonds. The molecule has 0 unspecified atom stereocenters. The van der Waals surface area contributed by atoms with Gasteiger partial charge in [-0.25, -0.2) is 0 Å². The Bertz CT molecular complexity index is 973. The van der Waals surface area contributed by atoms with Gasteiger partial charge in [-0.05, 0) is 31.2 Å². The van der Waals surface area contributed by atoms with Crippen LogP contribution in [0.3, 0.4) is 0 Å². The van der Waals surface area contributed by atoms with E-state index in [2.05, 4.69) is 20.2 Å². The standard InChI is InChI=1S/C21H25N5O4/c1-15-13-18(29-23-15)14-25-9-11-26(12-10-25)20(27)8-7-19-22-21(24-30-19)16-3-5-17(28-2)6-4-16/h3-6,13H,7-12,14H2,1-2H3. The van der Waals surface area contributed by atoms with Gasteiger partial charge in [-0.1, -0.05) is 10.3 Å². The molecule has 158 valence electrons. The lowest BCUT2D eigenvalue weighted by Gasteiger charge is -2.34. The predicted octanol–water partition coefficient (Wildman–Crippen LogP) is 2.32. The van der Waals surface area contributed by atoms with Crippen LogP contribution in [0.4, 0.5) is 0 Å². The number of carbonyl (C=O) groups is 1. The van der Waals surface area contributed by atoms with E-state index >= 15 is 0 Å². The van der Waals surface area contributed by atoms with Crippen LogP contribution < -0.4 is 4.74 Å². The molecule has 9 heteroatoms. The van der Waals surface area contributed by atoms with Gasteiger partial charge in [0.25, 0.3) is 0 Å². The summed E-state index contributed by atoms with van der Waals surface area (Å²) < 4.78 is 15.7. The minimum absolute atomic E-state index is 0.106. The second-order valence-corrected chi connectivity index (χ2v) is 7.33. The van der Waals surface area contributed by atoms with Crippen LogP contribution in [-0.2, 0) is 17.8 Å². The molecule has 3 aromatic rings. The third kappa shape index (κ3) is 4.85. The highest BCUT2D eigenvalue weighted by Gasteiger charge is 2.22. The summed E-state index contributed by atoms with van der Waals surface area (Å²) in [6.07, 6.45) is 0.783. The third-order valence-corrected chi connectivity index (χ3v) is 5.15. The summed E-state index contributed by atoms with van der Waals surface area (Å²) >= 11 is 0. The summed E-state index contributed by atoms with van der Waals surface area (Å²) in [5, 5.41) is 7.93. The monoisotopic (exact) mass is 411 g/mol. The number of methoxy groups -OCH3 is 1. The van der Waals surface area contributed by atoms with Crippen LogP contribution in [-0.4, -0.2) is 64.3 Å². The molecule has 0 bridgehead atoms. The van der Waals surface area contributed by atoms with Crippen LogP contribution in [0, 0.1) is 6.92 Å². The van der Waals surface area contributed by atoms with E-state index in [1.165, 1.54) is 0 Å². The lowest BCUT2D eigenvalue weighted by Crippen LogP contribution is -2.48. The number of piperazine rings is 1. The van der Waals surface area contributed by atoms with Gasteiger partial charge >= 0.3 is 0 Å². The summed E-state index contributed by atoms with van der Waals surface area (Å²) in [4.78, 5) is 21.1. The quantitative estimate of drug-likeness (QED) is 0.584. The maximum Gasteiger partial charge on any atom is 0.227 e. The fourth-order valence-electron chi connectivity index (χ4n) is 3.45. The first-order chi connectivity index (χ1) is 14.6. The Morgan fingerprint density at radius 1 is 1.10 bits per heavy atom. The summed E-state index contributed by atoms with van der Waals surface area (Å²) in [5.74, 6) is 2.71. The van der Waals surface area contributed by atoms with Gasteiger partial charge < -0.3 is 18.7 Å². The van der Waals surface area contributed by atoms with Crippen LogP contribution in [0.1, 0.15) is 23.8 Å². The molecule has 0 aliphatic carbocycles. The maximum atomic E-state index is 12.6. The maximum absolute atomic E-state index is 12.6. The normalized spacial score (nSPS) is 14.8. The van der Waals surface area contributed by atoms with Crippen molar-refractivity contribution in [2.75, 3.05) is 33.3 Å². The molecule has 4 rings (SSSR count). The van der Waals surface area contributed by atoms with Crippen molar-refractivity contribution in [3.05, 3.63) is 47.7 Å². The molecular weight excluding hydrogens is 386 g/mol. The smallest absolute Gasteiger partial charge is 0.227 e. The SMILES string of the molecule is COc1ccc(-c2noc(CCC(=O)N3CCN(Cc4cc(C)no4)CC3)n2)cc1. The largest absolute Gasteiger partial charge is 0.497 e. The number of aryl methyl sites for hydroxylation is 2. The van der Waals surface area contributed by atoms with Crippen molar-refractivity contribution < 1.29 is 18.6 Å². The molecule has 1 saturated heterocycles. The van der Waals surface area contributed by atoms with Gasteiger partial charge in [0, 0.05) is 50.7 Å². The zero-order valence-corrected chi connectivity index (χ0v) is 17.2. The van der Waals surface area contributed by atoms with Gasteiger partial charge in [-0.2, -0.15) is 4.98 Å². The van der Waals surface area contributed by atoms with Gasteiger partial charge in [-0.15, -0.1) is 0 Å². The van der Waals surface area contributed by atoms with E-state index in [4.69, 9.17) is 13.8 Å². The number of carbonyl (C=O) groups excluding carboxylic acids is 1. The lowest BCUT2D eigenvalue weighted by molar-refractivity contribution is -0.133. The fraction of sp³-hybridized carbons (Fsp3) is 0.429. The van der Waals surface area contributed by atoms with E-state index in [1.807, 2.05) is 42.2 Å². The molecule has 3 heterocycles. The second-order valence-electron chi connectivity index (χ2n) is 7.33. The Hall–Kier alpha value is -3.20. The molecule has 30 heavy (non-hydrogen) atoms. The predicted molar refractivity (Wildman–Crippen MR) is 108 cm³/mol. The number of ether oxygens (including phenoxy) is 1. The molecule has 0 spiro atoms. The first-order valence-corrected chi connectivity index (χ1v) is 10.00. The van der Waals surface area contributed by atoms with Crippen molar-refractivity contribution in [1.82, 2.24) is 25.1 Å². The summed E-state index contributed by atoms with van der Waals surface area (Å²) in [5.41, 5.74) is 1.73. The molecule has 1 aromatic carbocycles. The fourth-order valence-corrected chi connectivity index (χ4v) is 3.45. The molecule has 1 fully saturated rings. The second kappa shape index (κ2) is 9.08. The number of benzene rings is 1. The minimum Gasteiger partial charge on any atom is -0.497 e. The Balaban J connectivity index is 1.23. The highest BCUT2D eigenvalue weighted by molar-refractivity contribution is 5.76. The molecule has 2 aromatic heterocycles. The van der Waals surface area contributed by atoms with Crippen LogP contribution in [0.2, 0.25) is 0 Å². The Morgan fingerprint density at radius 3 is 2.53 bits per heavy atom. The number of amides is 1. The third-order valence-electron chi connectivity index (χ3n) is 5.15. The van der Waals surface area contributed by atoms with E-state index in [0.717, 1.165) is 42.4 Å². The molecule has 0 N–H and O–H groups in total. The van der Waals surface area contributed by atoms with Crippen LogP contribution in [0.5, 0.6) is 5.75 Å². The summed E-state index contributed by atoms with van der Waals surface area (Å²) in [6, 6.07) is 9.38. The first kappa shape index (κ1) is 20.1. The molecule has 1 aliphatic rings. The summed E-state index contributed by atoms with van der Waals surface area (Å²) in [7, 11) is 1.62. The van der Waals surface area contributed by atoms with Gasteiger partial charge in [0.15, 0.2) is 5.76 Å². The number of rotatable bonds is 7. The number of nitrogens with zero attached hydrogens (tertiary/aromatic N) is 5. The number of aromatic nitrogens is 3. The van der Waals surface area contributed by atoms with Crippen molar-refractivity contribution in [2.24, 2.45) is 0 Å². The van der Waals surface area contributed by atoms with Gasteiger partial charge in [0.05, 0.1) is 19.3 Å². The zero-order valence-electron chi connectivity index (χ0n) is 17.2. The van der Waals surface area contributed by atoms with Crippen LogP contribution in [0.15, 0.2) is 39.4 Å². The van der Waals surface area contributed by atoms with Crippen LogP contribution in [0.25, 0.3) is 11.4 Å². The molecule has 0 atom stereocenters. The number of hydrogen-bond acceptors (Lipinski definition) is 8. The van der Waals surface area contributed by atoms with E-state index < -0.39 is 0 Å². The Labute approximate surface area is 174 Å². The molecule has 0 radical (unpaired) electrons. The number of hydrogen-bond donors (Lipinski definition) is 0. The van der Waals surface area contributed by atoms with E-state index in [-0.39, 0.29) is 5.91 Å². The van der Waals surface area contributed by atoms with Crippen molar-refractivity contribution in [2.45, 2.75) is 26.3 Å². The Kier molecular flexibility index (Phi) is 6.08. The lowest BCUT2D eigenvalue weighted by atomic mass is 10.2. The molecule has 0 saturated carbocycles. The topological polar surface area (TPSA) is 97.7 Å². The van der Waals surface area contributed by atoms with Gasteiger partial charge in [0.2, 0.25) is 17.6 Å². The zero-order chi connectivity index (χ0) is 20.9. The van der Waals surface area contributed by atoms with E-state index in [1.54, 1.807) is 7.11 Å². The highest BCUT2D eigenvalue weighted by Crippen LogP contribution is 2.20.